The highest BCUT2D eigenvalue weighted by molar-refractivity contribution is 7.99. The zero-order valence-corrected chi connectivity index (χ0v) is 18.6. The summed E-state index contributed by atoms with van der Waals surface area (Å²) in [5, 5.41) is 10.3. The van der Waals surface area contributed by atoms with Crippen molar-refractivity contribution in [2.45, 2.75) is 11.7 Å². The Morgan fingerprint density at radius 3 is 2.48 bits per heavy atom. The molecule has 0 atom stereocenters. The molecule has 0 aliphatic carbocycles. The van der Waals surface area contributed by atoms with E-state index in [2.05, 4.69) is 19.7 Å². The first-order valence-electron chi connectivity index (χ1n) is 10.2. The van der Waals surface area contributed by atoms with Crippen LogP contribution in [0.5, 0.6) is 5.75 Å². The molecule has 9 heteroatoms. The van der Waals surface area contributed by atoms with Crippen LogP contribution in [0.25, 0.3) is 11.4 Å². The molecule has 4 rings (SSSR count). The number of nitrogens with zero attached hydrogens (tertiary/aromatic N) is 4. The smallest absolute Gasteiger partial charge is 0.191 e. The van der Waals surface area contributed by atoms with Crippen molar-refractivity contribution in [3.05, 3.63) is 59.4 Å². The fourth-order valence-corrected chi connectivity index (χ4v) is 4.21. The number of morpholine rings is 1. The van der Waals surface area contributed by atoms with Crippen molar-refractivity contribution < 1.29 is 13.9 Å². The van der Waals surface area contributed by atoms with Gasteiger partial charge in [0.2, 0.25) is 0 Å². The summed E-state index contributed by atoms with van der Waals surface area (Å²) in [7, 11) is 0. The fourth-order valence-electron chi connectivity index (χ4n) is 3.30. The van der Waals surface area contributed by atoms with Gasteiger partial charge in [-0.25, -0.2) is 4.39 Å². The van der Waals surface area contributed by atoms with Crippen LogP contribution in [-0.4, -0.2) is 64.9 Å². The Morgan fingerprint density at radius 1 is 1.00 bits per heavy atom. The van der Waals surface area contributed by atoms with Crippen molar-refractivity contribution in [2.75, 3.05) is 45.2 Å². The van der Waals surface area contributed by atoms with Gasteiger partial charge >= 0.3 is 0 Å². The fraction of sp³-hybridized carbons (Fsp3) is 0.364. The quantitative estimate of drug-likeness (QED) is 0.350. The topological polar surface area (TPSA) is 52.4 Å². The maximum atomic E-state index is 13.4. The summed E-state index contributed by atoms with van der Waals surface area (Å²) >= 11 is 7.50. The number of hydrogen-bond acceptors (Lipinski definition) is 6. The molecule has 0 saturated carbocycles. The molecular weight excluding hydrogens is 439 g/mol. The summed E-state index contributed by atoms with van der Waals surface area (Å²) in [6.45, 7) is 5.53. The Hall–Kier alpha value is -2.13. The average molecular weight is 463 g/mol. The van der Waals surface area contributed by atoms with Gasteiger partial charge in [0.25, 0.3) is 0 Å². The van der Waals surface area contributed by atoms with Crippen LogP contribution in [0.2, 0.25) is 5.02 Å². The van der Waals surface area contributed by atoms with Crippen molar-refractivity contribution in [3.8, 4) is 17.1 Å². The minimum absolute atomic E-state index is 0.267. The predicted octanol–water partition coefficient (Wildman–Crippen LogP) is 4.24. The lowest BCUT2D eigenvalue weighted by Gasteiger charge is -2.27. The van der Waals surface area contributed by atoms with Gasteiger partial charge in [-0.1, -0.05) is 23.4 Å². The second-order valence-corrected chi connectivity index (χ2v) is 8.57. The Labute approximate surface area is 190 Å². The van der Waals surface area contributed by atoms with Crippen molar-refractivity contribution in [2.24, 2.45) is 0 Å². The monoisotopic (exact) mass is 462 g/mol. The lowest BCUT2D eigenvalue weighted by Crippen LogP contribution is -2.38. The second kappa shape index (κ2) is 10.9. The second-order valence-electron chi connectivity index (χ2n) is 7.07. The highest BCUT2D eigenvalue weighted by atomic mass is 35.5. The Kier molecular flexibility index (Phi) is 7.80. The molecule has 2 aromatic carbocycles. The third-order valence-corrected chi connectivity index (χ3v) is 6.14. The lowest BCUT2D eigenvalue weighted by molar-refractivity contribution is 0.0361. The van der Waals surface area contributed by atoms with E-state index in [1.807, 2.05) is 12.1 Å². The Morgan fingerprint density at radius 2 is 1.74 bits per heavy atom. The molecule has 1 aliphatic rings. The van der Waals surface area contributed by atoms with Gasteiger partial charge in [0, 0.05) is 42.5 Å². The maximum absolute atomic E-state index is 13.4. The van der Waals surface area contributed by atoms with Crippen LogP contribution in [0.15, 0.2) is 53.7 Å². The zero-order chi connectivity index (χ0) is 21.5. The third-order valence-electron chi connectivity index (χ3n) is 4.96. The number of hydrogen-bond donors (Lipinski definition) is 0. The molecule has 3 aromatic rings. The molecule has 1 aliphatic heterocycles. The molecule has 0 radical (unpaired) electrons. The normalized spacial score (nSPS) is 14.6. The summed E-state index contributed by atoms with van der Waals surface area (Å²) in [6, 6.07) is 13.7. The highest BCUT2D eigenvalue weighted by Crippen LogP contribution is 2.25. The molecule has 1 aromatic heterocycles. The molecule has 0 N–H and O–H groups in total. The summed E-state index contributed by atoms with van der Waals surface area (Å²) in [5.74, 6) is 1.99. The number of ether oxygens (including phenoxy) is 2. The zero-order valence-electron chi connectivity index (χ0n) is 17.0. The van der Waals surface area contributed by atoms with E-state index in [9.17, 15) is 4.39 Å². The number of aromatic nitrogens is 3. The van der Waals surface area contributed by atoms with Gasteiger partial charge < -0.3 is 14.0 Å². The SMILES string of the molecule is Fc1ccc(-c2nnc(SCCOc3ccc(Cl)cc3)n2CCN2CCOCC2)cc1. The molecule has 1 saturated heterocycles. The van der Waals surface area contributed by atoms with E-state index in [-0.39, 0.29) is 5.82 Å². The van der Waals surface area contributed by atoms with Gasteiger partial charge in [0.1, 0.15) is 11.6 Å². The molecule has 2 heterocycles. The van der Waals surface area contributed by atoms with Crippen LogP contribution >= 0.6 is 23.4 Å². The summed E-state index contributed by atoms with van der Waals surface area (Å²) in [5.41, 5.74) is 0.847. The van der Waals surface area contributed by atoms with Gasteiger partial charge in [-0.15, -0.1) is 10.2 Å². The summed E-state index contributed by atoms with van der Waals surface area (Å²) < 4.78 is 26.7. The Bertz CT molecular complexity index is 963. The van der Waals surface area contributed by atoms with Crippen LogP contribution < -0.4 is 4.74 Å². The van der Waals surface area contributed by atoms with Crippen LogP contribution in [0, 0.1) is 5.82 Å². The highest BCUT2D eigenvalue weighted by Gasteiger charge is 2.17. The first-order chi connectivity index (χ1) is 15.2. The number of benzene rings is 2. The van der Waals surface area contributed by atoms with E-state index in [1.165, 1.54) is 12.1 Å². The average Bonchev–Trinajstić information content (AvgIpc) is 3.20. The third kappa shape index (κ3) is 6.20. The molecule has 31 heavy (non-hydrogen) atoms. The summed E-state index contributed by atoms with van der Waals surface area (Å²) in [4.78, 5) is 2.37. The molecule has 0 spiro atoms. The molecule has 0 bridgehead atoms. The largest absolute Gasteiger partial charge is 0.493 e. The van der Waals surface area contributed by atoms with E-state index >= 15 is 0 Å². The van der Waals surface area contributed by atoms with Gasteiger partial charge in [-0.2, -0.15) is 0 Å². The Balaban J connectivity index is 1.42. The van der Waals surface area contributed by atoms with Gasteiger partial charge in [-0.3, -0.25) is 4.90 Å². The van der Waals surface area contributed by atoms with E-state index in [0.717, 1.165) is 67.4 Å². The first-order valence-corrected chi connectivity index (χ1v) is 11.6. The number of thioether (sulfide) groups is 1. The summed E-state index contributed by atoms with van der Waals surface area (Å²) in [6.07, 6.45) is 0. The first kappa shape index (κ1) is 22.1. The molecule has 0 unspecified atom stereocenters. The van der Waals surface area contributed by atoms with E-state index in [0.29, 0.717) is 11.6 Å². The van der Waals surface area contributed by atoms with E-state index < -0.39 is 0 Å². The van der Waals surface area contributed by atoms with Gasteiger partial charge in [0.15, 0.2) is 11.0 Å². The van der Waals surface area contributed by atoms with Crippen molar-refractivity contribution in [3.63, 3.8) is 0 Å². The molecule has 0 amide bonds. The molecule has 164 valence electrons. The van der Waals surface area contributed by atoms with E-state index in [4.69, 9.17) is 21.1 Å². The number of rotatable bonds is 9. The predicted molar refractivity (Wildman–Crippen MR) is 120 cm³/mol. The van der Waals surface area contributed by atoms with Crippen molar-refractivity contribution in [1.29, 1.82) is 0 Å². The maximum Gasteiger partial charge on any atom is 0.191 e. The van der Waals surface area contributed by atoms with Crippen LogP contribution in [0.1, 0.15) is 0 Å². The minimum Gasteiger partial charge on any atom is -0.493 e. The van der Waals surface area contributed by atoms with Gasteiger partial charge in [0.05, 0.1) is 19.8 Å². The van der Waals surface area contributed by atoms with Crippen LogP contribution in [0.4, 0.5) is 4.39 Å². The van der Waals surface area contributed by atoms with Crippen LogP contribution in [-0.2, 0) is 11.3 Å². The van der Waals surface area contributed by atoms with Crippen LogP contribution in [0.3, 0.4) is 0 Å². The minimum atomic E-state index is -0.267. The van der Waals surface area contributed by atoms with E-state index in [1.54, 1.807) is 36.0 Å². The lowest BCUT2D eigenvalue weighted by atomic mass is 10.2. The molecule has 6 nitrogen and oxygen atoms in total. The van der Waals surface area contributed by atoms with Crippen molar-refractivity contribution in [1.82, 2.24) is 19.7 Å². The molecular formula is C22H24ClFN4O2S. The molecule has 1 fully saturated rings. The standard InChI is InChI=1S/C22H24ClFN4O2S/c23-18-3-7-20(8-4-18)30-15-16-31-22-26-25-21(17-1-5-19(24)6-2-17)28(22)10-9-27-11-13-29-14-12-27/h1-8H,9-16H2. The van der Waals surface area contributed by atoms with Crippen molar-refractivity contribution >= 4 is 23.4 Å². The van der Waals surface area contributed by atoms with Gasteiger partial charge in [-0.05, 0) is 48.5 Å². The number of halogens is 2.